The van der Waals surface area contributed by atoms with E-state index in [9.17, 15) is 4.39 Å². The van der Waals surface area contributed by atoms with Crippen LogP contribution in [0.3, 0.4) is 0 Å². The van der Waals surface area contributed by atoms with Gasteiger partial charge in [-0.1, -0.05) is 26.2 Å². The third-order valence-electron chi connectivity index (χ3n) is 1.33. The molecule has 0 fully saturated rings. The van der Waals surface area contributed by atoms with Crippen LogP contribution >= 0.6 is 0 Å². The molecular weight excluding hydrogens is 206 g/mol. The SMILES string of the molecule is Cc1[c-]ncc(F)c1C.[Y]. The van der Waals surface area contributed by atoms with Gasteiger partial charge in [-0.05, 0) is 0 Å². The van der Waals surface area contributed by atoms with Gasteiger partial charge in [-0.25, -0.2) is 4.39 Å². The van der Waals surface area contributed by atoms with Crippen LogP contribution in [-0.2, 0) is 32.7 Å². The maximum Gasteiger partial charge on any atom is 0.0357 e. The maximum atomic E-state index is 12.5. The van der Waals surface area contributed by atoms with Gasteiger partial charge in [0.05, 0.1) is 0 Å². The number of pyridine rings is 1. The van der Waals surface area contributed by atoms with Crippen LogP contribution in [0.5, 0.6) is 0 Å². The minimum Gasteiger partial charge on any atom is -0.391 e. The van der Waals surface area contributed by atoms with Gasteiger partial charge < -0.3 is 4.98 Å². The third kappa shape index (κ3) is 2.10. The molecule has 0 saturated heterocycles. The molecule has 1 nitrogen and oxygen atoms in total. The van der Waals surface area contributed by atoms with E-state index in [4.69, 9.17) is 0 Å². The second-order valence-corrected chi connectivity index (χ2v) is 1.97. The van der Waals surface area contributed by atoms with Crippen molar-refractivity contribution in [3.05, 3.63) is 29.3 Å². The predicted molar refractivity (Wildman–Crippen MR) is 32.5 cm³/mol. The molecule has 0 aromatic carbocycles. The topological polar surface area (TPSA) is 12.9 Å². The zero-order valence-electron chi connectivity index (χ0n) is 5.98. The van der Waals surface area contributed by atoms with Gasteiger partial charge in [-0.15, -0.1) is 11.1 Å². The summed E-state index contributed by atoms with van der Waals surface area (Å²) >= 11 is 0. The van der Waals surface area contributed by atoms with Gasteiger partial charge in [0, 0.05) is 38.5 Å². The smallest absolute Gasteiger partial charge is 0.0357 e. The van der Waals surface area contributed by atoms with Crippen LogP contribution in [0.2, 0.25) is 0 Å². The first-order valence-electron chi connectivity index (χ1n) is 2.71. The summed E-state index contributed by atoms with van der Waals surface area (Å²) in [6, 6.07) is 0. The molecule has 1 aromatic heterocycles. The van der Waals surface area contributed by atoms with Crippen LogP contribution in [0.25, 0.3) is 0 Å². The van der Waals surface area contributed by atoms with Gasteiger partial charge in [-0.3, -0.25) is 0 Å². The van der Waals surface area contributed by atoms with Gasteiger partial charge in [0.1, 0.15) is 0 Å². The molecule has 51 valence electrons. The Balaban J connectivity index is 0.000000810. The average molecular weight is 213 g/mol. The summed E-state index contributed by atoms with van der Waals surface area (Å²) in [5, 5.41) is 0. The molecule has 0 amide bonds. The molecule has 1 aromatic rings. The minimum atomic E-state index is -0.258. The minimum absolute atomic E-state index is 0. The van der Waals surface area contributed by atoms with E-state index in [1.54, 1.807) is 13.8 Å². The number of nitrogens with zero attached hydrogens (tertiary/aromatic N) is 1. The van der Waals surface area contributed by atoms with E-state index in [0.717, 1.165) is 5.56 Å². The second kappa shape index (κ2) is 4.14. The summed E-state index contributed by atoms with van der Waals surface area (Å²) in [6.07, 6.45) is 3.82. The van der Waals surface area contributed by atoms with Crippen molar-refractivity contribution in [3.63, 3.8) is 0 Å². The standard InChI is InChI=1S/C7H7FN.Y/c1-5-3-9-4-7(8)6(5)2;/h4H,1-2H3;/q-1;. The number of halogens is 1. The maximum absolute atomic E-state index is 12.5. The molecule has 0 aliphatic rings. The fourth-order valence-corrected chi connectivity index (χ4v) is 0.546. The van der Waals surface area contributed by atoms with Crippen molar-refractivity contribution in [1.82, 2.24) is 4.98 Å². The van der Waals surface area contributed by atoms with Crippen molar-refractivity contribution in [1.29, 1.82) is 0 Å². The van der Waals surface area contributed by atoms with Gasteiger partial charge in [0.15, 0.2) is 0 Å². The molecule has 1 rings (SSSR count). The molecular formula is C7H7FNY-. The van der Waals surface area contributed by atoms with E-state index >= 15 is 0 Å². The fraction of sp³-hybridized carbons (Fsp3) is 0.286. The van der Waals surface area contributed by atoms with E-state index in [0.29, 0.717) is 5.56 Å². The van der Waals surface area contributed by atoms with E-state index in [1.165, 1.54) is 6.20 Å². The van der Waals surface area contributed by atoms with Crippen LogP contribution in [0, 0.1) is 25.9 Å². The summed E-state index contributed by atoms with van der Waals surface area (Å²) in [5.41, 5.74) is 1.40. The Hall–Kier alpha value is 0.184. The molecule has 0 bridgehead atoms. The Labute approximate surface area is 84.9 Å². The van der Waals surface area contributed by atoms with Gasteiger partial charge in [-0.2, -0.15) is 0 Å². The van der Waals surface area contributed by atoms with E-state index < -0.39 is 0 Å². The second-order valence-electron chi connectivity index (χ2n) is 1.97. The Bertz CT molecular complexity index is 205. The summed E-state index contributed by atoms with van der Waals surface area (Å²) in [4.78, 5) is 3.54. The summed E-state index contributed by atoms with van der Waals surface area (Å²) in [7, 11) is 0. The van der Waals surface area contributed by atoms with Crippen molar-refractivity contribution >= 4 is 0 Å². The molecule has 0 unspecified atom stereocenters. The van der Waals surface area contributed by atoms with Crippen LogP contribution in [-0.4, -0.2) is 4.98 Å². The number of rotatable bonds is 0. The average Bonchev–Trinajstić information content (AvgIpc) is 1.83. The molecule has 0 aliphatic heterocycles. The Morgan fingerprint density at radius 2 is 2.10 bits per heavy atom. The van der Waals surface area contributed by atoms with Crippen LogP contribution in [0.15, 0.2) is 6.20 Å². The zero-order chi connectivity index (χ0) is 6.85. The van der Waals surface area contributed by atoms with Gasteiger partial charge in [0.2, 0.25) is 0 Å². The first-order valence-corrected chi connectivity index (χ1v) is 2.71. The quantitative estimate of drug-likeness (QED) is 0.597. The van der Waals surface area contributed by atoms with E-state index in [1.807, 2.05) is 0 Å². The Morgan fingerprint density at radius 1 is 1.50 bits per heavy atom. The monoisotopic (exact) mass is 213 g/mol. The Kier molecular flexibility index (Phi) is 4.22. The predicted octanol–water partition coefficient (Wildman–Crippen LogP) is 1.64. The number of hydrogen-bond donors (Lipinski definition) is 0. The van der Waals surface area contributed by atoms with Crippen molar-refractivity contribution < 1.29 is 37.1 Å². The van der Waals surface area contributed by atoms with Crippen molar-refractivity contribution in [2.75, 3.05) is 0 Å². The summed E-state index contributed by atoms with van der Waals surface area (Å²) in [5.74, 6) is -0.258. The molecule has 0 saturated carbocycles. The van der Waals surface area contributed by atoms with E-state index in [2.05, 4.69) is 11.2 Å². The third-order valence-corrected chi connectivity index (χ3v) is 1.33. The van der Waals surface area contributed by atoms with Gasteiger partial charge >= 0.3 is 0 Å². The van der Waals surface area contributed by atoms with Crippen LogP contribution < -0.4 is 0 Å². The summed E-state index contributed by atoms with van der Waals surface area (Å²) < 4.78 is 12.5. The molecule has 0 N–H and O–H groups in total. The molecule has 0 aliphatic carbocycles. The van der Waals surface area contributed by atoms with Crippen molar-refractivity contribution in [2.24, 2.45) is 0 Å². The van der Waals surface area contributed by atoms with Crippen molar-refractivity contribution in [2.45, 2.75) is 13.8 Å². The summed E-state index contributed by atoms with van der Waals surface area (Å²) in [6.45, 7) is 3.49. The number of aryl methyl sites for hydroxylation is 1. The van der Waals surface area contributed by atoms with Crippen LogP contribution in [0.4, 0.5) is 4.39 Å². The number of hydrogen-bond acceptors (Lipinski definition) is 1. The molecule has 3 heteroatoms. The Morgan fingerprint density at radius 3 is 2.50 bits per heavy atom. The largest absolute Gasteiger partial charge is 0.391 e. The molecule has 0 spiro atoms. The molecule has 1 heterocycles. The first-order chi connectivity index (χ1) is 4.22. The van der Waals surface area contributed by atoms with E-state index in [-0.39, 0.29) is 38.5 Å². The van der Waals surface area contributed by atoms with Crippen molar-refractivity contribution in [3.8, 4) is 0 Å². The first kappa shape index (κ1) is 10.2. The fourth-order valence-electron chi connectivity index (χ4n) is 0.546. The molecule has 10 heavy (non-hydrogen) atoms. The van der Waals surface area contributed by atoms with Gasteiger partial charge in [0.25, 0.3) is 0 Å². The molecule has 0 atom stereocenters. The zero-order valence-corrected chi connectivity index (χ0v) is 8.82. The normalized spacial score (nSPS) is 8.70. The number of aromatic nitrogens is 1. The molecule has 1 radical (unpaired) electrons. The van der Waals surface area contributed by atoms with Crippen LogP contribution in [0.1, 0.15) is 11.1 Å².